The Morgan fingerprint density at radius 3 is 2.61 bits per heavy atom. The van der Waals surface area contributed by atoms with Crippen molar-refractivity contribution in [2.24, 2.45) is 0 Å². The molecule has 0 aliphatic heterocycles. The maximum absolute atomic E-state index is 13.3. The third-order valence-electron chi connectivity index (χ3n) is 2.17. The monoisotopic (exact) mass is 289 g/mol. The minimum atomic E-state index is -0.644. The van der Waals surface area contributed by atoms with Crippen molar-refractivity contribution < 1.29 is 13.5 Å². The molecular formula is C12H7Cl2F2NO. The summed E-state index contributed by atoms with van der Waals surface area (Å²) in [6.45, 7) is -0.0244. The minimum absolute atomic E-state index is 0.0244. The van der Waals surface area contributed by atoms with E-state index in [1.807, 2.05) is 0 Å². The second kappa shape index (κ2) is 5.50. The fourth-order valence-electron chi connectivity index (χ4n) is 1.29. The van der Waals surface area contributed by atoms with Gasteiger partial charge < -0.3 is 4.74 Å². The van der Waals surface area contributed by atoms with E-state index in [-0.39, 0.29) is 22.7 Å². The number of ether oxygens (including phenoxy) is 1. The first-order valence-electron chi connectivity index (χ1n) is 4.95. The Labute approximate surface area is 112 Å². The molecule has 0 fully saturated rings. The van der Waals surface area contributed by atoms with E-state index in [1.165, 1.54) is 6.07 Å². The zero-order chi connectivity index (χ0) is 13.1. The quantitative estimate of drug-likeness (QED) is 0.788. The summed E-state index contributed by atoms with van der Waals surface area (Å²) in [6, 6.07) is 6.11. The molecule has 2 rings (SSSR count). The Morgan fingerprint density at radius 1 is 1.11 bits per heavy atom. The van der Waals surface area contributed by atoms with Gasteiger partial charge in [-0.3, -0.25) is 0 Å². The van der Waals surface area contributed by atoms with Crippen LogP contribution in [0.2, 0.25) is 10.3 Å². The van der Waals surface area contributed by atoms with Crippen LogP contribution in [-0.2, 0) is 6.61 Å². The van der Waals surface area contributed by atoms with Crippen LogP contribution < -0.4 is 4.74 Å². The van der Waals surface area contributed by atoms with E-state index in [0.29, 0.717) is 5.56 Å². The van der Waals surface area contributed by atoms with Crippen LogP contribution in [0.25, 0.3) is 0 Å². The summed E-state index contributed by atoms with van der Waals surface area (Å²) in [5, 5.41) is 0.417. The highest BCUT2D eigenvalue weighted by atomic mass is 35.5. The normalized spacial score (nSPS) is 10.4. The van der Waals surface area contributed by atoms with E-state index < -0.39 is 11.6 Å². The van der Waals surface area contributed by atoms with Crippen LogP contribution >= 0.6 is 23.2 Å². The number of benzene rings is 1. The van der Waals surface area contributed by atoms with Gasteiger partial charge >= 0.3 is 0 Å². The number of pyridine rings is 1. The Morgan fingerprint density at radius 2 is 1.89 bits per heavy atom. The molecule has 0 N–H and O–H groups in total. The highest BCUT2D eigenvalue weighted by Crippen LogP contribution is 2.22. The van der Waals surface area contributed by atoms with E-state index in [0.717, 1.165) is 18.2 Å². The lowest BCUT2D eigenvalue weighted by atomic mass is 10.3. The van der Waals surface area contributed by atoms with E-state index >= 15 is 0 Å². The number of nitrogens with zero attached hydrogens (tertiary/aromatic N) is 1. The van der Waals surface area contributed by atoms with Crippen molar-refractivity contribution in [1.29, 1.82) is 0 Å². The van der Waals surface area contributed by atoms with Crippen molar-refractivity contribution in [3.63, 3.8) is 0 Å². The fraction of sp³-hybridized carbons (Fsp3) is 0.0833. The summed E-state index contributed by atoms with van der Waals surface area (Å²) in [5.41, 5.74) is 0.532. The standard InChI is InChI=1S/C12H7Cl2F2NO/c13-11-4-1-7(12(14)17-11)6-18-10-5-8(15)2-3-9(10)16/h1-5H,6H2. The first kappa shape index (κ1) is 13.1. The predicted octanol–water partition coefficient (Wildman–Crippen LogP) is 4.25. The SMILES string of the molecule is Fc1ccc(F)c(OCc2ccc(Cl)nc2Cl)c1. The van der Waals surface area contributed by atoms with Crippen LogP contribution in [-0.4, -0.2) is 4.98 Å². The first-order chi connectivity index (χ1) is 8.56. The zero-order valence-electron chi connectivity index (χ0n) is 8.96. The van der Waals surface area contributed by atoms with Crippen molar-refractivity contribution in [2.45, 2.75) is 6.61 Å². The minimum Gasteiger partial charge on any atom is -0.486 e. The van der Waals surface area contributed by atoms with Crippen molar-refractivity contribution in [3.05, 3.63) is 57.8 Å². The van der Waals surface area contributed by atoms with Crippen LogP contribution in [0, 0.1) is 11.6 Å². The van der Waals surface area contributed by atoms with Crippen molar-refractivity contribution in [2.75, 3.05) is 0 Å². The molecule has 2 nitrogen and oxygen atoms in total. The van der Waals surface area contributed by atoms with Gasteiger partial charge in [0, 0.05) is 11.6 Å². The second-order valence-electron chi connectivity index (χ2n) is 3.45. The maximum atomic E-state index is 13.3. The van der Waals surface area contributed by atoms with Crippen LogP contribution in [0.5, 0.6) is 5.75 Å². The van der Waals surface area contributed by atoms with Crippen LogP contribution in [0.1, 0.15) is 5.56 Å². The molecule has 0 aliphatic rings. The van der Waals surface area contributed by atoms with Gasteiger partial charge in [0.2, 0.25) is 0 Å². The molecule has 2 aromatic rings. The lowest BCUT2D eigenvalue weighted by Crippen LogP contribution is -1.99. The van der Waals surface area contributed by atoms with E-state index in [9.17, 15) is 8.78 Å². The number of halogens is 4. The van der Waals surface area contributed by atoms with Crippen molar-refractivity contribution in [3.8, 4) is 5.75 Å². The molecule has 1 aromatic carbocycles. The molecule has 0 amide bonds. The van der Waals surface area contributed by atoms with Crippen LogP contribution in [0.15, 0.2) is 30.3 Å². The molecule has 0 radical (unpaired) electrons. The number of hydrogen-bond donors (Lipinski definition) is 0. The lowest BCUT2D eigenvalue weighted by molar-refractivity contribution is 0.288. The molecule has 0 atom stereocenters. The van der Waals surface area contributed by atoms with E-state index in [2.05, 4.69) is 4.98 Å². The third-order valence-corrected chi connectivity index (χ3v) is 2.71. The average molecular weight is 290 g/mol. The average Bonchev–Trinajstić information content (AvgIpc) is 2.32. The highest BCUT2D eigenvalue weighted by molar-refractivity contribution is 6.32. The van der Waals surface area contributed by atoms with Gasteiger partial charge in [-0.15, -0.1) is 0 Å². The Hall–Kier alpha value is -1.39. The van der Waals surface area contributed by atoms with Gasteiger partial charge in [-0.25, -0.2) is 13.8 Å². The molecular weight excluding hydrogens is 283 g/mol. The molecule has 1 aromatic heterocycles. The van der Waals surface area contributed by atoms with E-state index in [4.69, 9.17) is 27.9 Å². The lowest BCUT2D eigenvalue weighted by Gasteiger charge is -2.08. The summed E-state index contributed by atoms with van der Waals surface area (Å²) in [5.74, 6) is -1.40. The number of hydrogen-bond acceptors (Lipinski definition) is 2. The predicted molar refractivity (Wildman–Crippen MR) is 64.9 cm³/mol. The molecule has 0 bridgehead atoms. The van der Waals surface area contributed by atoms with Gasteiger partial charge in [-0.2, -0.15) is 0 Å². The van der Waals surface area contributed by atoms with Crippen LogP contribution in [0.3, 0.4) is 0 Å². The summed E-state index contributed by atoms with van der Waals surface area (Å²) >= 11 is 11.5. The van der Waals surface area contributed by atoms with Gasteiger partial charge in [0.25, 0.3) is 0 Å². The molecule has 0 unspecified atom stereocenters. The Kier molecular flexibility index (Phi) is 3.99. The van der Waals surface area contributed by atoms with Gasteiger partial charge in [-0.05, 0) is 24.3 Å². The number of rotatable bonds is 3. The molecule has 6 heteroatoms. The summed E-state index contributed by atoms with van der Waals surface area (Å²) in [7, 11) is 0. The molecule has 0 saturated heterocycles. The second-order valence-corrected chi connectivity index (χ2v) is 4.19. The summed E-state index contributed by atoms with van der Waals surface area (Å²) < 4.78 is 31.3. The fourth-order valence-corrected chi connectivity index (χ4v) is 1.69. The molecule has 1 heterocycles. The van der Waals surface area contributed by atoms with Crippen molar-refractivity contribution >= 4 is 23.2 Å². The molecule has 18 heavy (non-hydrogen) atoms. The number of aromatic nitrogens is 1. The molecule has 0 aliphatic carbocycles. The van der Waals surface area contributed by atoms with Crippen LogP contribution in [0.4, 0.5) is 8.78 Å². The molecule has 0 spiro atoms. The highest BCUT2D eigenvalue weighted by Gasteiger charge is 2.08. The van der Waals surface area contributed by atoms with Gasteiger partial charge in [0.1, 0.15) is 22.7 Å². The first-order valence-corrected chi connectivity index (χ1v) is 5.70. The van der Waals surface area contributed by atoms with Gasteiger partial charge in [0.15, 0.2) is 11.6 Å². The third kappa shape index (κ3) is 3.09. The Balaban J connectivity index is 2.13. The van der Waals surface area contributed by atoms with Crippen molar-refractivity contribution in [1.82, 2.24) is 4.98 Å². The Bertz CT molecular complexity index is 578. The summed E-state index contributed by atoms with van der Waals surface area (Å²) in [6.07, 6.45) is 0. The maximum Gasteiger partial charge on any atom is 0.165 e. The van der Waals surface area contributed by atoms with Gasteiger partial charge in [0.05, 0.1) is 0 Å². The molecule has 0 saturated carbocycles. The van der Waals surface area contributed by atoms with E-state index in [1.54, 1.807) is 6.07 Å². The smallest absolute Gasteiger partial charge is 0.165 e. The topological polar surface area (TPSA) is 22.1 Å². The molecule has 94 valence electrons. The largest absolute Gasteiger partial charge is 0.486 e. The zero-order valence-corrected chi connectivity index (χ0v) is 10.5. The van der Waals surface area contributed by atoms with Gasteiger partial charge in [-0.1, -0.05) is 23.2 Å². The summed E-state index contributed by atoms with van der Waals surface area (Å²) in [4.78, 5) is 3.81.